The highest BCUT2D eigenvalue weighted by Crippen LogP contribution is 2.28. The minimum Gasteiger partial charge on any atom is -0.453 e. The van der Waals surface area contributed by atoms with E-state index in [1.165, 1.54) is 17.1 Å². The van der Waals surface area contributed by atoms with Crippen molar-refractivity contribution in [2.75, 3.05) is 5.32 Å². The molecule has 2 aromatic carbocycles. The maximum absolute atomic E-state index is 12.5. The van der Waals surface area contributed by atoms with Gasteiger partial charge >= 0.3 is 0 Å². The lowest BCUT2D eigenvalue weighted by Crippen LogP contribution is -2.12. The zero-order valence-electron chi connectivity index (χ0n) is 14.3. The number of aromatic nitrogens is 5. The number of tetrazole rings is 1. The Morgan fingerprint density at radius 1 is 1.00 bits per heavy atom. The van der Waals surface area contributed by atoms with E-state index < -0.39 is 5.91 Å². The number of carbonyl (C=O) groups excluding carboxylic acids is 1. The molecule has 1 N–H and O–H groups in total. The van der Waals surface area contributed by atoms with Crippen LogP contribution in [0.5, 0.6) is 0 Å². The van der Waals surface area contributed by atoms with Gasteiger partial charge in [0.1, 0.15) is 11.9 Å². The minimum atomic E-state index is -0.403. The molecule has 5 aromatic rings. The molecule has 0 spiro atoms. The predicted molar refractivity (Wildman–Crippen MR) is 98.8 cm³/mol. The summed E-state index contributed by atoms with van der Waals surface area (Å²) in [5.74, 6) is 0.484. The molecule has 1 amide bonds. The number of amides is 1. The van der Waals surface area contributed by atoms with E-state index in [0.717, 1.165) is 11.0 Å². The van der Waals surface area contributed by atoms with Crippen LogP contribution >= 0.6 is 0 Å². The van der Waals surface area contributed by atoms with Crippen LogP contribution in [0.3, 0.4) is 0 Å². The molecule has 28 heavy (non-hydrogen) atoms. The molecule has 0 atom stereocenters. The molecule has 3 heterocycles. The molecular formula is C19H12N6O3. The Labute approximate surface area is 157 Å². The predicted octanol–water partition coefficient (Wildman–Crippen LogP) is 3.32. The van der Waals surface area contributed by atoms with Gasteiger partial charge in [0.15, 0.2) is 11.5 Å². The Morgan fingerprint density at radius 2 is 1.93 bits per heavy atom. The van der Waals surface area contributed by atoms with Crippen molar-refractivity contribution in [2.45, 2.75) is 0 Å². The third-order valence-electron chi connectivity index (χ3n) is 4.13. The maximum Gasteiger partial charge on any atom is 0.277 e. The third kappa shape index (κ3) is 2.90. The minimum absolute atomic E-state index is 0.142. The van der Waals surface area contributed by atoms with Gasteiger partial charge in [0.05, 0.1) is 5.69 Å². The quantitative estimate of drug-likeness (QED) is 0.515. The number of fused-ring (bicyclic) bond motifs is 1. The fourth-order valence-electron chi connectivity index (χ4n) is 2.80. The Bertz CT molecular complexity index is 1240. The number of carbonyl (C=O) groups is 1. The first-order valence-electron chi connectivity index (χ1n) is 8.37. The van der Waals surface area contributed by atoms with E-state index in [0.29, 0.717) is 22.9 Å². The molecule has 136 valence electrons. The number of nitrogens with one attached hydrogen (secondary N) is 1. The van der Waals surface area contributed by atoms with Crippen LogP contribution in [-0.4, -0.2) is 31.3 Å². The largest absolute Gasteiger partial charge is 0.453 e. The summed E-state index contributed by atoms with van der Waals surface area (Å²) >= 11 is 0. The standard InChI is InChI=1S/C19H12N6O3/c26-19(21-13-5-3-6-14(9-13)25-11-20-23-24-25)15-10-18(28-22-15)17-8-12-4-1-2-7-16(12)27-17/h1-11H,(H,21,26). The molecule has 0 aliphatic carbocycles. The number of furan rings is 1. The van der Waals surface area contributed by atoms with Crippen molar-refractivity contribution in [3.63, 3.8) is 0 Å². The van der Waals surface area contributed by atoms with Crippen molar-refractivity contribution in [2.24, 2.45) is 0 Å². The van der Waals surface area contributed by atoms with E-state index in [9.17, 15) is 4.79 Å². The molecule has 0 saturated carbocycles. The van der Waals surface area contributed by atoms with Crippen molar-refractivity contribution in [3.05, 3.63) is 72.7 Å². The van der Waals surface area contributed by atoms with Gasteiger partial charge in [-0.3, -0.25) is 4.79 Å². The third-order valence-corrected chi connectivity index (χ3v) is 4.13. The second-order valence-electron chi connectivity index (χ2n) is 5.98. The smallest absolute Gasteiger partial charge is 0.277 e. The zero-order chi connectivity index (χ0) is 18.9. The van der Waals surface area contributed by atoms with Gasteiger partial charge in [-0.1, -0.05) is 29.4 Å². The highest BCUT2D eigenvalue weighted by molar-refractivity contribution is 6.03. The fourth-order valence-corrected chi connectivity index (χ4v) is 2.80. The van der Waals surface area contributed by atoms with Crippen LogP contribution in [0.4, 0.5) is 5.69 Å². The first-order valence-corrected chi connectivity index (χ1v) is 8.37. The summed E-state index contributed by atoms with van der Waals surface area (Å²) in [5.41, 5.74) is 2.17. The summed E-state index contributed by atoms with van der Waals surface area (Å²) < 4.78 is 12.5. The van der Waals surface area contributed by atoms with Crippen molar-refractivity contribution in [3.8, 4) is 17.2 Å². The first-order chi connectivity index (χ1) is 13.8. The average Bonchev–Trinajstić information content (AvgIpc) is 3.48. The van der Waals surface area contributed by atoms with Crippen molar-refractivity contribution < 1.29 is 13.7 Å². The van der Waals surface area contributed by atoms with Crippen LogP contribution in [0.2, 0.25) is 0 Å². The molecule has 3 aromatic heterocycles. The van der Waals surface area contributed by atoms with Crippen molar-refractivity contribution in [1.29, 1.82) is 0 Å². The lowest BCUT2D eigenvalue weighted by Gasteiger charge is -2.05. The highest BCUT2D eigenvalue weighted by atomic mass is 16.5. The normalized spacial score (nSPS) is 11.0. The lowest BCUT2D eigenvalue weighted by molar-refractivity contribution is 0.101. The number of rotatable bonds is 4. The van der Waals surface area contributed by atoms with E-state index in [2.05, 4.69) is 26.0 Å². The Kier molecular flexibility index (Phi) is 3.68. The molecule has 5 rings (SSSR count). The SMILES string of the molecule is O=C(Nc1cccc(-n2cnnn2)c1)c1cc(-c2cc3ccccc3o2)on1. The van der Waals surface area contributed by atoms with E-state index in [-0.39, 0.29) is 5.69 Å². The molecule has 0 bridgehead atoms. The van der Waals surface area contributed by atoms with Gasteiger partial charge in [-0.25, -0.2) is 4.68 Å². The van der Waals surface area contributed by atoms with Gasteiger partial charge in [-0.15, -0.1) is 5.10 Å². The number of anilines is 1. The monoisotopic (exact) mass is 372 g/mol. The molecule has 9 nitrogen and oxygen atoms in total. The van der Waals surface area contributed by atoms with Gasteiger partial charge in [-0.2, -0.15) is 0 Å². The molecule has 0 fully saturated rings. The van der Waals surface area contributed by atoms with Gasteiger partial charge in [0.2, 0.25) is 5.76 Å². The van der Waals surface area contributed by atoms with Crippen LogP contribution in [0, 0.1) is 0 Å². The molecular weight excluding hydrogens is 360 g/mol. The first kappa shape index (κ1) is 15.9. The molecule has 0 aliphatic heterocycles. The van der Waals surface area contributed by atoms with Gasteiger partial charge in [0.25, 0.3) is 5.91 Å². The second kappa shape index (κ2) is 6.47. The summed E-state index contributed by atoms with van der Waals surface area (Å²) in [6.45, 7) is 0. The number of nitrogens with zero attached hydrogens (tertiary/aromatic N) is 5. The van der Waals surface area contributed by atoms with E-state index in [1.807, 2.05) is 36.4 Å². The number of para-hydroxylation sites is 1. The molecule has 0 unspecified atom stereocenters. The molecule has 0 saturated heterocycles. The summed E-state index contributed by atoms with van der Waals surface area (Å²) in [6.07, 6.45) is 1.47. The van der Waals surface area contributed by atoms with E-state index in [1.54, 1.807) is 18.2 Å². The van der Waals surface area contributed by atoms with Gasteiger partial charge < -0.3 is 14.3 Å². The van der Waals surface area contributed by atoms with Crippen LogP contribution in [0.15, 0.2) is 75.9 Å². The summed E-state index contributed by atoms with van der Waals surface area (Å²) in [4.78, 5) is 12.5. The Hall–Kier alpha value is -4.27. The fraction of sp³-hybridized carbons (Fsp3) is 0. The summed E-state index contributed by atoms with van der Waals surface area (Å²) in [5, 5.41) is 18.6. The molecule has 0 radical (unpaired) electrons. The Balaban J connectivity index is 1.37. The number of benzene rings is 2. The van der Waals surface area contributed by atoms with Crippen molar-refractivity contribution >= 4 is 22.6 Å². The number of hydrogen-bond donors (Lipinski definition) is 1. The lowest BCUT2D eigenvalue weighted by atomic mass is 10.2. The van der Waals surface area contributed by atoms with Crippen LogP contribution in [0.25, 0.3) is 28.2 Å². The average molecular weight is 372 g/mol. The van der Waals surface area contributed by atoms with Crippen LogP contribution < -0.4 is 5.32 Å². The Morgan fingerprint density at radius 3 is 2.79 bits per heavy atom. The van der Waals surface area contributed by atoms with Gasteiger partial charge in [0, 0.05) is 17.1 Å². The van der Waals surface area contributed by atoms with E-state index >= 15 is 0 Å². The summed E-state index contributed by atoms with van der Waals surface area (Å²) in [7, 11) is 0. The van der Waals surface area contributed by atoms with Crippen LogP contribution in [-0.2, 0) is 0 Å². The molecule has 0 aliphatic rings. The highest BCUT2D eigenvalue weighted by Gasteiger charge is 2.17. The van der Waals surface area contributed by atoms with Crippen LogP contribution in [0.1, 0.15) is 10.5 Å². The summed E-state index contributed by atoms with van der Waals surface area (Å²) in [6, 6.07) is 18.1. The molecule has 9 heteroatoms. The van der Waals surface area contributed by atoms with Gasteiger partial charge in [-0.05, 0) is 40.8 Å². The zero-order valence-corrected chi connectivity index (χ0v) is 14.3. The topological polar surface area (TPSA) is 112 Å². The van der Waals surface area contributed by atoms with Crippen molar-refractivity contribution in [1.82, 2.24) is 25.4 Å². The maximum atomic E-state index is 12.5. The second-order valence-corrected chi connectivity index (χ2v) is 5.98. The van der Waals surface area contributed by atoms with E-state index in [4.69, 9.17) is 8.94 Å². The number of hydrogen-bond acceptors (Lipinski definition) is 7.